The normalized spacial score (nSPS) is 10.0. The summed E-state index contributed by atoms with van der Waals surface area (Å²) in [7, 11) is 1.53. The molecule has 2 aromatic rings. The van der Waals surface area contributed by atoms with Crippen molar-refractivity contribution in [1.29, 1.82) is 0 Å². The van der Waals surface area contributed by atoms with E-state index in [0.29, 0.717) is 16.8 Å². The molecule has 2 amide bonds. The van der Waals surface area contributed by atoms with Crippen molar-refractivity contribution in [3.63, 3.8) is 0 Å². The van der Waals surface area contributed by atoms with Crippen molar-refractivity contribution in [2.75, 3.05) is 12.4 Å². The summed E-state index contributed by atoms with van der Waals surface area (Å²) in [6, 6.07) is 12.7. The smallest absolute Gasteiger partial charge is 0.251 e. The molecule has 2 N–H and O–H groups in total. The number of halogens is 1. The van der Waals surface area contributed by atoms with Gasteiger partial charge in [-0.2, -0.15) is 0 Å². The zero-order chi connectivity index (χ0) is 15.2. The van der Waals surface area contributed by atoms with E-state index in [1.165, 1.54) is 13.1 Å². The van der Waals surface area contributed by atoms with Crippen LogP contribution in [0.2, 0.25) is 0 Å². The van der Waals surface area contributed by atoms with E-state index in [2.05, 4.69) is 10.6 Å². The predicted octanol–water partition coefficient (Wildman–Crippen LogP) is 2.37. The van der Waals surface area contributed by atoms with E-state index < -0.39 is 5.82 Å². The van der Waals surface area contributed by atoms with E-state index in [4.69, 9.17) is 0 Å². The molecular weight excluding hydrogens is 271 g/mol. The summed E-state index contributed by atoms with van der Waals surface area (Å²) in [6.07, 6.45) is -0.0587. The number of carbonyl (C=O) groups is 2. The summed E-state index contributed by atoms with van der Waals surface area (Å²) < 4.78 is 13.5. The molecule has 0 saturated heterocycles. The molecule has 2 rings (SSSR count). The van der Waals surface area contributed by atoms with Gasteiger partial charge in [-0.05, 0) is 29.8 Å². The van der Waals surface area contributed by atoms with E-state index >= 15 is 0 Å². The number of hydrogen-bond acceptors (Lipinski definition) is 2. The van der Waals surface area contributed by atoms with Gasteiger partial charge in [0.15, 0.2) is 0 Å². The van der Waals surface area contributed by atoms with Crippen LogP contribution >= 0.6 is 0 Å². The Morgan fingerprint density at radius 3 is 2.57 bits per heavy atom. The van der Waals surface area contributed by atoms with Gasteiger partial charge in [-0.15, -0.1) is 0 Å². The Hall–Kier alpha value is -2.69. The highest BCUT2D eigenvalue weighted by Gasteiger charge is 2.09. The first-order valence-corrected chi connectivity index (χ1v) is 6.45. The summed E-state index contributed by atoms with van der Waals surface area (Å²) in [5, 5.41) is 5.16. The van der Waals surface area contributed by atoms with Crippen molar-refractivity contribution in [3.8, 4) is 0 Å². The fourth-order valence-electron chi connectivity index (χ4n) is 1.90. The Kier molecular flexibility index (Phi) is 4.66. The molecule has 0 aliphatic heterocycles. The fraction of sp³-hybridized carbons (Fsp3) is 0.125. The first-order chi connectivity index (χ1) is 10.1. The van der Waals surface area contributed by atoms with Gasteiger partial charge in [0.2, 0.25) is 5.91 Å². The lowest BCUT2D eigenvalue weighted by atomic mass is 10.1. The highest BCUT2D eigenvalue weighted by Crippen LogP contribution is 2.12. The van der Waals surface area contributed by atoms with E-state index in [1.807, 2.05) is 0 Å². The number of amides is 2. The quantitative estimate of drug-likeness (QED) is 0.906. The van der Waals surface area contributed by atoms with Crippen molar-refractivity contribution in [2.45, 2.75) is 6.42 Å². The van der Waals surface area contributed by atoms with Gasteiger partial charge in [-0.25, -0.2) is 4.39 Å². The Bertz CT molecular complexity index is 671. The highest BCUT2D eigenvalue weighted by atomic mass is 19.1. The topological polar surface area (TPSA) is 58.2 Å². The minimum atomic E-state index is -0.410. The molecule has 0 radical (unpaired) electrons. The minimum absolute atomic E-state index is 0.0587. The third-order valence-electron chi connectivity index (χ3n) is 2.94. The lowest BCUT2D eigenvalue weighted by Crippen LogP contribution is -2.19. The highest BCUT2D eigenvalue weighted by molar-refractivity contribution is 5.97. The molecule has 4 nitrogen and oxygen atoms in total. The van der Waals surface area contributed by atoms with Gasteiger partial charge < -0.3 is 10.6 Å². The number of hydrogen-bond donors (Lipinski definition) is 2. The van der Waals surface area contributed by atoms with Crippen LogP contribution in [0.25, 0.3) is 0 Å². The van der Waals surface area contributed by atoms with Crippen LogP contribution in [0.4, 0.5) is 10.1 Å². The first-order valence-electron chi connectivity index (χ1n) is 6.45. The van der Waals surface area contributed by atoms with Crippen LogP contribution < -0.4 is 10.6 Å². The van der Waals surface area contributed by atoms with Crippen LogP contribution in [-0.2, 0) is 11.2 Å². The third-order valence-corrected chi connectivity index (χ3v) is 2.94. The fourth-order valence-corrected chi connectivity index (χ4v) is 1.90. The van der Waals surface area contributed by atoms with Crippen molar-refractivity contribution < 1.29 is 14.0 Å². The van der Waals surface area contributed by atoms with Crippen molar-refractivity contribution in [2.24, 2.45) is 0 Å². The second-order valence-corrected chi connectivity index (χ2v) is 4.48. The summed E-state index contributed by atoms with van der Waals surface area (Å²) in [4.78, 5) is 23.4. The van der Waals surface area contributed by atoms with Gasteiger partial charge in [-0.1, -0.05) is 24.3 Å². The number of benzene rings is 2. The molecule has 0 unspecified atom stereocenters. The monoisotopic (exact) mass is 286 g/mol. The maximum atomic E-state index is 13.5. The Balaban J connectivity index is 2.06. The van der Waals surface area contributed by atoms with Crippen molar-refractivity contribution in [3.05, 3.63) is 65.5 Å². The Morgan fingerprint density at radius 2 is 1.86 bits per heavy atom. The van der Waals surface area contributed by atoms with E-state index in [1.54, 1.807) is 42.5 Å². The van der Waals surface area contributed by atoms with Gasteiger partial charge in [0.1, 0.15) is 5.82 Å². The van der Waals surface area contributed by atoms with Gasteiger partial charge in [-0.3, -0.25) is 9.59 Å². The number of anilines is 1. The molecule has 0 heterocycles. The molecule has 0 atom stereocenters. The summed E-state index contributed by atoms with van der Waals surface area (Å²) in [5.41, 5.74) is 1.27. The molecular formula is C16H15FN2O2. The molecule has 108 valence electrons. The number of carbonyl (C=O) groups excluding carboxylic acids is 2. The van der Waals surface area contributed by atoms with Gasteiger partial charge in [0, 0.05) is 18.3 Å². The van der Waals surface area contributed by atoms with E-state index in [0.717, 1.165) is 0 Å². The van der Waals surface area contributed by atoms with Crippen LogP contribution in [0.5, 0.6) is 0 Å². The summed E-state index contributed by atoms with van der Waals surface area (Å²) in [6.45, 7) is 0. The van der Waals surface area contributed by atoms with E-state index in [-0.39, 0.29) is 18.2 Å². The average molecular weight is 286 g/mol. The Morgan fingerprint density at radius 1 is 1.10 bits per heavy atom. The molecule has 5 heteroatoms. The molecule has 2 aromatic carbocycles. The average Bonchev–Trinajstić information content (AvgIpc) is 2.49. The molecule has 21 heavy (non-hydrogen) atoms. The summed E-state index contributed by atoms with van der Waals surface area (Å²) >= 11 is 0. The molecule has 0 aliphatic carbocycles. The van der Waals surface area contributed by atoms with Crippen LogP contribution in [0.1, 0.15) is 15.9 Å². The number of rotatable bonds is 4. The molecule has 0 saturated carbocycles. The van der Waals surface area contributed by atoms with Gasteiger partial charge >= 0.3 is 0 Å². The van der Waals surface area contributed by atoms with Crippen LogP contribution in [0, 0.1) is 5.82 Å². The molecule has 0 bridgehead atoms. The third kappa shape index (κ3) is 3.89. The molecule has 0 aliphatic rings. The summed E-state index contributed by atoms with van der Waals surface area (Å²) in [5.74, 6) is -0.985. The standard InChI is InChI=1S/C16H15FN2O2/c1-18-16(21)12-6-4-7-13(9-12)19-15(20)10-11-5-2-3-8-14(11)17/h2-9H,10H2,1H3,(H,18,21)(H,19,20). The van der Waals surface area contributed by atoms with Crippen LogP contribution in [-0.4, -0.2) is 18.9 Å². The molecule has 0 spiro atoms. The number of nitrogens with one attached hydrogen (secondary N) is 2. The second-order valence-electron chi connectivity index (χ2n) is 4.48. The zero-order valence-electron chi connectivity index (χ0n) is 11.5. The van der Waals surface area contributed by atoms with Crippen molar-refractivity contribution in [1.82, 2.24) is 5.32 Å². The van der Waals surface area contributed by atoms with Gasteiger partial charge in [0.05, 0.1) is 6.42 Å². The van der Waals surface area contributed by atoms with Crippen molar-refractivity contribution >= 4 is 17.5 Å². The van der Waals surface area contributed by atoms with Crippen LogP contribution in [0.15, 0.2) is 48.5 Å². The minimum Gasteiger partial charge on any atom is -0.355 e. The molecule has 0 fully saturated rings. The first kappa shape index (κ1) is 14.7. The SMILES string of the molecule is CNC(=O)c1cccc(NC(=O)Cc2ccccc2F)c1. The predicted molar refractivity (Wildman–Crippen MR) is 78.6 cm³/mol. The largest absolute Gasteiger partial charge is 0.355 e. The zero-order valence-corrected chi connectivity index (χ0v) is 11.5. The lowest BCUT2D eigenvalue weighted by molar-refractivity contribution is -0.115. The lowest BCUT2D eigenvalue weighted by Gasteiger charge is -2.07. The van der Waals surface area contributed by atoms with Gasteiger partial charge in [0.25, 0.3) is 5.91 Å². The maximum absolute atomic E-state index is 13.5. The maximum Gasteiger partial charge on any atom is 0.251 e. The van der Waals surface area contributed by atoms with E-state index in [9.17, 15) is 14.0 Å². The Labute approximate surface area is 122 Å². The second kappa shape index (κ2) is 6.65. The van der Waals surface area contributed by atoms with Crippen LogP contribution in [0.3, 0.4) is 0 Å². The molecule has 0 aromatic heterocycles.